The zero-order chi connectivity index (χ0) is 13.5. The van der Waals surface area contributed by atoms with Gasteiger partial charge in [0, 0.05) is 19.3 Å². The quantitative estimate of drug-likeness (QED) is 0.868. The summed E-state index contributed by atoms with van der Waals surface area (Å²) in [6.07, 6.45) is 2.29. The van der Waals surface area contributed by atoms with Crippen LogP contribution in [0.3, 0.4) is 0 Å². The number of hydrogen-bond donors (Lipinski definition) is 1. The highest BCUT2D eigenvalue weighted by Gasteiger charge is 2.34. The van der Waals surface area contributed by atoms with Crippen LogP contribution in [0.2, 0.25) is 0 Å². The molecule has 0 bridgehead atoms. The average molecular weight is 252 g/mol. The van der Waals surface area contributed by atoms with Crippen molar-refractivity contribution in [3.8, 4) is 0 Å². The number of fused-ring (bicyclic) bond motifs is 1. The first kappa shape index (κ1) is 12.4. The lowest BCUT2D eigenvalue weighted by molar-refractivity contribution is 0.0518. The van der Waals surface area contributed by atoms with E-state index in [1.54, 1.807) is 0 Å². The smallest absolute Gasteiger partial charge is 0.0768 e. The molecule has 19 heavy (non-hydrogen) atoms. The fourth-order valence-corrected chi connectivity index (χ4v) is 3.35. The first-order valence-electron chi connectivity index (χ1n) is 6.90. The van der Waals surface area contributed by atoms with Crippen LogP contribution in [-0.4, -0.2) is 10.7 Å². The molecule has 0 spiro atoms. The molecule has 98 valence electrons. The molecule has 0 fully saturated rings. The summed E-state index contributed by atoms with van der Waals surface area (Å²) in [4.78, 5) is 0. The summed E-state index contributed by atoms with van der Waals surface area (Å²) in [6.45, 7) is 4.23. The van der Waals surface area contributed by atoms with Crippen molar-refractivity contribution < 1.29 is 5.11 Å². The molecule has 1 N–H and O–H groups in total. The Hall–Kier alpha value is -1.60. The monoisotopic (exact) mass is 252 g/mol. The topological polar surface area (TPSA) is 20.2 Å². The largest absolute Gasteiger partial charge is 0.389 e. The van der Waals surface area contributed by atoms with Gasteiger partial charge in [0.15, 0.2) is 0 Å². The fraction of sp³-hybridized carbons (Fsp3) is 0.333. The molecule has 2 aromatic carbocycles. The van der Waals surface area contributed by atoms with Crippen LogP contribution in [0.25, 0.3) is 0 Å². The van der Waals surface area contributed by atoms with Crippen LogP contribution in [0.15, 0.2) is 42.5 Å². The Labute approximate surface area is 114 Å². The Morgan fingerprint density at radius 3 is 2.00 bits per heavy atom. The first-order valence-corrected chi connectivity index (χ1v) is 6.90. The molecular weight excluding hydrogens is 232 g/mol. The number of hydrogen-bond acceptors (Lipinski definition) is 1. The van der Waals surface area contributed by atoms with Crippen molar-refractivity contribution in [3.05, 3.63) is 70.3 Å². The maximum Gasteiger partial charge on any atom is 0.0768 e. The van der Waals surface area contributed by atoms with Gasteiger partial charge in [-0.15, -0.1) is 0 Å². The van der Waals surface area contributed by atoms with E-state index in [1.807, 2.05) is 0 Å². The van der Waals surface area contributed by atoms with Crippen LogP contribution < -0.4 is 0 Å². The Bertz CT molecular complexity index is 568. The van der Waals surface area contributed by atoms with Crippen molar-refractivity contribution in [3.63, 3.8) is 0 Å². The van der Waals surface area contributed by atoms with Crippen molar-refractivity contribution in [2.24, 2.45) is 0 Å². The summed E-state index contributed by atoms with van der Waals surface area (Å²) in [5, 5.41) is 10.8. The first-order chi connectivity index (χ1) is 9.04. The lowest BCUT2D eigenvalue weighted by Gasteiger charge is -2.22. The van der Waals surface area contributed by atoms with E-state index in [1.165, 1.54) is 27.8 Å². The van der Waals surface area contributed by atoms with Gasteiger partial charge >= 0.3 is 0 Å². The Balaban J connectivity index is 1.85. The Morgan fingerprint density at radius 2 is 1.47 bits per heavy atom. The number of aryl methyl sites for hydroxylation is 2. The summed E-state index contributed by atoms with van der Waals surface area (Å²) < 4.78 is 0. The highest BCUT2D eigenvalue weighted by atomic mass is 16.3. The SMILES string of the molecule is Cc1cc(C)cc(CC2(O)Cc3ccccc3C2)c1. The third kappa shape index (κ3) is 2.57. The van der Waals surface area contributed by atoms with Gasteiger partial charge in [-0.3, -0.25) is 0 Å². The maximum atomic E-state index is 10.8. The second-order valence-electron chi connectivity index (χ2n) is 6.02. The van der Waals surface area contributed by atoms with Crippen LogP contribution in [0, 0.1) is 13.8 Å². The lowest BCUT2D eigenvalue weighted by Crippen LogP contribution is -2.32. The molecule has 3 rings (SSSR count). The van der Waals surface area contributed by atoms with E-state index in [2.05, 4.69) is 56.3 Å². The minimum Gasteiger partial charge on any atom is -0.389 e. The van der Waals surface area contributed by atoms with Crippen molar-refractivity contribution in [1.82, 2.24) is 0 Å². The van der Waals surface area contributed by atoms with Gasteiger partial charge in [0.05, 0.1) is 5.60 Å². The van der Waals surface area contributed by atoms with Gasteiger partial charge in [-0.1, -0.05) is 53.6 Å². The molecule has 2 aromatic rings. The number of benzene rings is 2. The summed E-state index contributed by atoms with van der Waals surface area (Å²) in [5.41, 5.74) is 5.78. The molecule has 0 radical (unpaired) electrons. The molecule has 0 heterocycles. The zero-order valence-corrected chi connectivity index (χ0v) is 11.6. The molecule has 1 aliphatic carbocycles. The van der Waals surface area contributed by atoms with Gasteiger partial charge in [0.1, 0.15) is 0 Å². The fourth-order valence-electron chi connectivity index (χ4n) is 3.35. The van der Waals surface area contributed by atoms with E-state index >= 15 is 0 Å². The van der Waals surface area contributed by atoms with E-state index in [9.17, 15) is 5.11 Å². The minimum absolute atomic E-state index is 0.607. The highest BCUT2D eigenvalue weighted by molar-refractivity contribution is 5.37. The molecule has 0 aromatic heterocycles. The lowest BCUT2D eigenvalue weighted by atomic mass is 9.90. The number of rotatable bonds is 2. The molecule has 0 saturated heterocycles. The third-order valence-corrected chi connectivity index (χ3v) is 3.97. The van der Waals surface area contributed by atoms with E-state index in [0.717, 1.165) is 19.3 Å². The minimum atomic E-state index is -0.607. The Kier molecular flexibility index (Phi) is 2.94. The standard InChI is InChI=1S/C18H20O/c1-13-7-14(2)9-15(8-13)10-18(19)11-16-5-3-4-6-17(16)12-18/h3-9,19H,10-12H2,1-2H3. The highest BCUT2D eigenvalue weighted by Crippen LogP contribution is 2.32. The van der Waals surface area contributed by atoms with Gasteiger partial charge in [-0.05, 0) is 30.5 Å². The van der Waals surface area contributed by atoms with E-state index in [4.69, 9.17) is 0 Å². The molecule has 1 heteroatoms. The van der Waals surface area contributed by atoms with Crippen LogP contribution in [0.5, 0.6) is 0 Å². The predicted molar refractivity (Wildman–Crippen MR) is 78.4 cm³/mol. The molecule has 0 aliphatic heterocycles. The molecule has 0 saturated carbocycles. The number of aliphatic hydroxyl groups is 1. The average Bonchev–Trinajstić information content (AvgIpc) is 2.62. The van der Waals surface area contributed by atoms with Gasteiger partial charge in [0.25, 0.3) is 0 Å². The second-order valence-corrected chi connectivity index (χ2v) is 6.02. The van der Waals surface area contributed by atoms with Gasteiger partial charge < -0.3 is 5.11 Å². The van der Waals surface area contributed by atoms with Crippen molar-refractivity contribution in [2.45, 2.75) is 38.7 Å². The molecule has 1 aliphatic rings. The summed E-state index contributed by atoms with van der Waals surface area (Å²) in [7, 11) is 0. The summed E-state index contributed by atoms with van der Waals surface area (Å²) >= 11 is 0. The van der Waals surface area contributed by atoms with E-state index in [0.29, 0.717) is 0 Å². The predicted octanol–water partition coefficient (Wildman–Crippen LogP) is 3.38. The second kappa shape index (κ2) is 4.50. The van der Waals surface area contributed by atoms with Crippen molar-refractivity contribution >= 4 is 0 Å². The molecule has 1 nitrogen and oxygen atoms in total. The molecular formula is C18H20O. The zero-order valence-electron chi connectivity index (χ0n) is 11.6. The van der Waals surface area contributed by atoms with Gasteiger partial charge in [0.2, 0.25) is 0 Å². The maximum absolute atomic E-state index is 10.8. The summed E-state index contributed by atoms with van der Waals surface area (Å²) in [5.74, 6) is 0. The van der Waals surface area contributed by atoms with E-state index in [-0.39, 0.29) is 0 Å². The normalized spacial score (nSPS) is 16.4. The van der Waals surface area contributed by atoms with Crippen LogP contribution >= 0.6 is 0 Å². The molecule has 0 atom stereocenters. The van der Waals surface area contributed by atoms with Crippen LogP contribution in [0.4, 0.5) is 0 Å². The van der Waals surface area contributed by atoms with Crippen molar-refractivity contribution in [2.75, 3.05) is 0 Å². The third-order valence-electron chi connectivity index (χ3n) is 3.97. The van der Waals surface area contributed by atoms with Crippen molar-refractivity contribution in [1.29, 1.82) is 0 Å². The van der Waals surface area contributed by atoms with Crippen LogP contribution in [-0.2, 0) is 19.3 Å². The van der Waals surface area contributed by atoms with E-state index < -0.39 is 5.60 Å². The van der Waals surface area contributed by atoms with Gasteiger partial charge in [-0.25, -0.2) is 0 Å². The van der Waals surface area contributed by atoms with Gasteiger partial charge in [-0.2, -0.15) is 0 Å². The molecule has 0 amide bonds. The Morgan fingerprint density at radius 1 is 0.947 bits per heavy atom. The summed E-state index contributed by atoms with van der Waals surface area (Å²) in [6, 6.07) is 14.9. The van der Waals surface area contributed by atoms with Crippen LogP contribution in [0.1, 0.15) is 27.8 Å². The molecule has 0 unspecified atom stereocenters.